The maximum Gasteiger partial charge on any atom is 0.316 e. The average Bonchev–Trinajstić information content (AvgIpc) is 2.42. The topological polar surface area (TPSA) is 35.5 Å². The van der Waals surface area contributed by atoms with Crippen molar-refractivity contribution in [2.45, 2.75) is 52.6 Å². The Hall–Kier alpha value is -1.09. The summed E-state index contributed by atoms with van der Waals surface area (Å²) in [6.07, 6.45) is 7.66. The Morgan fingerprint density at radius 2 is 2.30 bits per heavy atom. The fourth-order valence-corrected chi connectivity index (χ4v) is 3.29. The van der Waals surface area contributed by atoms with Gasteiger partial charge in [0, 0.05) is 7.11 Å². The van der Waals surface area contributed by atoms with Crippen molar-refractivity contribution in [3.8, 4) is 0 Å². The Morgan fingerprint density at radius 3 is 2.80 bits per heavy atom. The van der Waals surface area contributed by atoms with Gasteiger partial charge in [0.25, 0.3) is 0 Å². The van der Waals surface area contributed by atoms with Crippen molar-refractivity contribution in [1.29, 1.82) is 0 Å². The molecule has 0 aliphatic heterocycles. The summed E-state index contributed by atoms with van der Waals surface area (Å²) in [4.78, 5) is 12.6. The van der Waals surface area contributed by atoms with Crippen LogP contribution in [-0.2, 0) is 14.3 Å². The molecule has 0 bridgehead atoms. The van der Waals surface area contributed by atoms with Gasteiger partial charge in [0.15, 0.2) is 0 Å². The van der Waals surface area contributed by atoms with Gasteiger partial charge in [0.05, 0.1) is 18.1 Å². The van der Waals surface area contributed by atoms with E-state index in [0.29, 0.717) is 6.61 Å². The lowest BCUT2D eigenvalue weighted by Crippen LogP contribution is -2.44. The molecule has 0 spiro atoms. The van der Waals surface area contributed by atoms with E-state index in [2.05, 4.69) is 19.6 Å². The highest BCUT2D eigenvalue weighted by Crippen LogP contribution is 2.47. The zero-order chi connectivity index (χ0) is 15.2. The monoisotopic (exact) mass is 280 g/mol. The van der Waals surface area contributed by atoms with E-state index in [9.17, 15) is 4.79 Å². The summed E-state index contributed by atoms with van der Waals surface area (Å²) in [6, 6.07) is 0. The van der Waals surface area contributed by atoms with E-state index in [1.165, 1.54) is 0 Å². The molecule has 0 saturated heterocycles. The van der Waals surface area contributed by atoms with Crippen molar-refractivity contribution < 1.29 is 14.3 Å². The van der Waals surface area contributed by atoms with Crippen molar-refractivity contribution in [2.24, 2.45) is 11.3 Å². The molecule has 1 aliphatic rings. The van der Waals surface area contributed by atoms with Crippen LogP contribution in [0, 0.1) is 11.3 Å². The molecule has 0 aromatic heterocycles. The number of carbonyl (C=O) groups excluding carboxylic acids is 1. The second kappa shape index (κ2) is 7.63. The fraction of sp³-hybridized carbons (Fsp3) is 0.706. The van der Waals surface area contributed by atoms with Gasteiger partial charge in [0.2, 0.25) is 0 Å². The van der Waals surface area contributed by atoms with Gasteiger partial charge in [-0.1, -0.05) is 24.6 Å². The zero-order valence-electron chi connectivity index (χ0n) is 13.3. The third kappa shape index (κ3) is 3.32. The first-order valence-electron chi connectivity index (χ1n) is 7.52. The van der Waals surface area contributed by atoms with Crippen LogP contribution in [0.2, 0.25) is 0 Å². The van der Waals surface area contributed by atoms with Crippen molar-refractivity contribution in [1.82, 2.24) is 0 Å². The van der Waals surface area contributed by atoms with Crippen molar-refractivity contribution >= 4 is 5.97 Å². The van der Waals surface area contributed by atoms with E-state index in [1.54, 1.807) is 7.11 Å². The molecule has 3 heteroatoms. The van der Waals surface area contributed by atoms with Crippen LogP contribution in [-0.4, -0.2) is 25.8 Å². The second-order valence-electron chi connectivity index (χ2n) is 5.63. The van der Waals surface area contributed by atoms with Crippen molar-refractivity contribution in [2.75, 3.05) is 13.7 Å². The normalized spacial score (nSPS) is 29.7. The minimum absolute atomic E-state index is 0.0835. The first kappa shape index (κ1) is 17.0. The number of hydrogen-bond acceptors (Lipinski definition) is 3. The Labute approximate surface area is 123 Å². The average molecular weight is 280 g/mol. The molecule has 3 atom stereocenters. The number of methoxy groups -OCH3 is 1. The lowest BCUT2D eigenvalue weighted by Gasteiger charge is -2.42. The van der Waals surface area contributed by atoms with Gasteiger partial charge in [-0.05, 0) is 45.4 Å². The lowest BCUT2D eigenvalue weighted by atomic mass is 9.63. The largest absolute Gasteiger partial charge is 0.465 e. The van der Waals surface area contributed by atoms with E-state index < -0.39 is 5.41 Å². The summed E-state index contributed by atoms with van der Waals surface area (Å²) in [5, 5.41) is 0. The van der Waals surface area contributed by atoms with E-state index in [1.807, 2.05) is 19.9 Å². The Morgan fingerprint density at radius 1 is 1.60 bits per heavy atom. The first-order valence-corrected chi connectivity index (χ1v) is 7.52. The minimum atomic E-state index is -0.492. The number of carbonyl (C=O) groups is 1. The maximum atomic E-state index is 12.6. The zero-order valence-corrected chi connectivity index (χ0v) is 13.3. The first-order chi connectivity index (χ1) is 9.52. The van der Waals surface area contributed by atoms with Crippen molar-refractivity contribution in [3.05, 3.63) is 24.3 Å². The molecule has 1 unspecified atom stereocenters. The van der Waals surface area contributed by atoms with Gasteiger partial charge in [-0.15, -0.1) is 6.58 Å². The molecular formula is C17H28O3. The summed E-state index contributed by atoms with van der Waals surface area (Å²) in [5.74, 6) is 0.140. The molecule has 114 valence electrons. The SMILES string of the molecule is C=CCCC[C@@]1(C(=O)OCC)C(C)=CC(OC)C[C@@H]1C. The van der Waals surface area contributed by atoms with Crippen LogP contribution in [0.5, 0.6) is 0 Å². The van der Waals surface area contributed by atoms with E-state index in [0.717, 1.165) is 31.3 Å². The summed E-state index contributed by atoms with van der Waals surface area (Å²) in [7, 11) is 1.72. The van der Waals surface area contributed by atoms with Crippen LogP contribution >= 0.6 is 0 Å². The quantitative estimate of drug-likeness (QED) is 0.403. The number of unbranched alkanes of at least 4 members (excludes halogenated alkanes) is 1. The van der Waals surface area contributed by atoms with Crippen LogP contribution in [0.4, 0.5) is 0 Å². The molecule has 0 N–H and O–H groups in total. The van der Waals surface area contributed by atoms with Crippen LogP contribution in [0.25, 0.3) is 0 Å². The van der Waals surface area contributed by atoms with Crippen LogP contribution in [0.3, 0.4) is 0 Å². The smallest absolute Gasteiger partial charge is 0.316 e. The number of allylic oxidation sites excluding steroid dienone is 1. The summed E-state index contributed by atoms with van der Waals surface area (Å²) < 4.78 is 10.8. The lowest BCUT2D eigenvalue weighted by molar-refractivity contribution is -0.157. The predicted molar refractivity (Wildman–Crippen MR) is 81.4 cm³/mol. The molecule has 20 heavy (non-hydrogen) atoms. The molecule has 0 saturated carbocycles. The van der Waals surface area contributed by atoms with Gasteiger partial charge in [-0.2, -0.15) is 0 Å². The summed E-state index contributed by atoms with van der Waals surface area (Å²) in [5.41, 5.74) is 0.597. The van der Waals surface area contributed by atoms with Gasteiger partial charge >= 0.3 is 5.97 Å². The fourth-order valence-electron chi connectivity index (χ4n) is 3.29. The molecule has 0 fully saturated rings. The molecule has 0 aromatic carbocycles. The molecule has 1 aliphatic carbocycles. The minimum Gasteiger partial charge on any atom is -0.465 e. The molecule has 0 aromatic rings. The highest BCUT2D eigenvalue weighted by molar-refractivity contribution is 5.81. The van der Waals surface area contributed by atoms with E-state index in [-0.39, 0.29) is 18.0 Å². The molecule has 0 radical (unpaired) electrons. The summed E-state index contributed by atoms with van der Waals surface area (Å²) in [6.45, 7) is 10.2. The van der Waals surface area contributed by atoms with Gasteiger partial charge < -0.3 is 9.47 Å². The molecule has 1 rings (SSSR count). The molecule has 0 heterocycles. The van der Waals surface area contributed by atoms with E-state index in [4.69, 9.17) is 9.47 Å². The van der Waals surface area contributed by atoms with Crippen molar-refractivity contribution in [3.63, 3.8) is 0 Å². The van der Waals surface area contributed by atoms with Gasteiger partial charge in [-0.25, -0.2) is 0 Å². The van der Waals surface area contributed by atoms with E-state index >= 15 is 0 Å². The Kier molecular flexibility index (Phi) is 6.47. The van der Waals surface area contributed by atoms with Crippen LogP contribution < -0.4 is 0 Å². The molecule has 3 nitrogen and oxygen atoms in total. The summed E-state index contributed by atoms with van der Waals surface area (Å²) >= 11 is 0. The van der Waals surface area contributed by atoms with Crippen LogP contribution in [0.15, 0.2) is 24.3 Å². The highest BCUT2D eigenvalue weighted by Gasteiger charge is 2.48. The second-order valence-corrected chi connectivity index (χ2v) is 5.63. The predicted octanol–water partition coefficient (Wildman–Crippen LogP) is 3.89. The Bertz CT molecular complexity index is 372. The number of rotatable bonds is 7. The third-order valence-electron chi connectivity index (χ3n) is 4.49. The Balaban J connectivity index is 3.07. The standard InChI is InChI=1S/C17H28O3/c1-6-8-9-10-17(16(18)20-7-2)13(3)11-15(19-5)12-14(17)4/h6,11,14-15H,1,7-10,12H2,2-5H3/t14-,15?,17+/m0/s1. The van der Waals surface area contributed by atoms with Gasteiger partial charge in [-0.3, -0.25) is 4.79 Å². The number of ether oxygens (including phenoxy) is 2. The number of hydrogen-bond donors (Lipinski definition) is 0. The molecular weight excluding hydrogens is 252 g/mol. The number of esters is 1. The third-order valence-corrected chi connectivity index (χ3v) is 4.49. The molecule has 0 amide bonds. The maximum absolute atomic E-state index is 12.6. The highest BCUT2D eigenvalue weighted by atomic mass is 16.5. The van der Waals surface area contributed by atoms with Gasteiger partial charge in [0.1, 0.15) is 0 Å². The van der Waals surface area contributed by atoms with Crippen LogP contribution in [0.1, 0.15) is 46.5 Å².